The molecule has 5 nitrogen and oxygen atoms in total. The van der Waals surface area contributed by atoms with Gasteiger partial charge in [0, 0.05) is 16.8 Å². The molecule has 0 heterocycles. The fourth-order valence-corrected chi connectivity index (χ4v) is 2.61. The van der Waals surface area contributed by atoms with Crippen molar-refractivity contribution in [2.24, 2.45) is 0 Å². The number of ether oxygens (including phenoxy) is 1. The van der Waals surface area contributed by atoms with Gasteiger partial charge in [0.15, 0.2) is 11.8 Å². The first-order chi connectivity index (χ1) is 12.4. The lowest BCUT2D eigenvalue weighted by molar-refractivity contribution is -0.907. The molecule has 0 radical (unpaired) electrons. The van der Waals surface area contributed by atoms with Crippen molar-refractivity contribution in [1.82, 2.24) is 0 Å². The zero-order valence-corrected chi connectivity index (χ0v) is 15.8. The molecule has 2 atom stereocenters. The lowest BCUT2D eigenvalue weighted by Crippen LogP contribution is -3.12. The summed E-state index contributed by atoms with van der Waals surface area (Å²) in [7, 11) is 2.00. The molecule has 138 valence electrons. The van der Waals surface area contributed by atoms with Gasteiger partial charge in [0.25, 0.3) is 5.91 Å². The molecular formula is C21H27N2O3+. The molecule has 0 bridgehead atoms. The first-order valence-corrected chi connectivity index (χ1v) is 8.86. The van der Waals surface area contributed by atoms with Crippen LogP contribution in [-0.2, 0) is 11.3 Å². The summed E-state index contributed by atoms with van der Waals surface area (Å²) < 4.78 is 5.45. The molecule has 2 aromatic rings. The maximum atomic E-state index is 12.5. The maximum absolute atomic E-state index is 12.5. The molecule has 5 heteroatoms. The van der Waals surface area contributed by atoms with E-state index in [1.165, 1.54) is 6.92 Å². The highest BCUT2D eigenvalue weighted by Gasteiger charge is 2.22. The summed E-state index contributed by atoms with van der Waals surface area (Å²) in [4.78, 5) is 24.9. The van der Waals surface area contributed by atoms with Gasteiger partial charge in [0.05, 0.1) is 13.7 Å². The van der Waals surface area contributed by atoms with Gasteiger partial charge in [0.2, 0.25) is 0 Å². The number of carbonyl (C=O) groups is 2. The zero-order chi connectivity index (χ0) is 19.1. The average molecular weight is 355 g/mol. The van der Waals surface area contributed by atoms with Crippen molar-refractivity contribution in [2.45, 2.75) is 33.4 Å². The summed E-state index contributed by atoms with van der Waals surface area (Å²) in [6.07, 6.45) is 0. The summed E-state index contributed by atoms with van der Waals surface area (Å²) in [6, 6.07) is 14.7. The number of likely N-dealkylation sites (N-methyl/N-ethyl adjacent to an activating group) is 1. The second kappa shape index (κ2) is 9.15. The minimum Gasteiger partial charge on any atom is -0.494 e. The van der Waals surface area contributed by atoms with Crippen LogP contribution >= 0.6 is 0 Å². The Morgan fingerprint density at radius 3 is 2.23 bits per heavy atom. The number of amides is 1. The average Bonchev–Trinajstić information content (AvgIpc) is 2.63. The van der Waals surface area contributed by atoms with Crippen molar-refractivity contribution < 1.29 is 19.2 Å². The molecule has 0 spiro atoms. The maximum Gasteiger partial charge on any atom is 0.282 e. The Morgan fingerprint density at radius 1 is 1.08 bits per heavy atom. The number of quaternary nitrogens is 1. The predicted octanol–water partition coefficient (Wildman–Crippen LogP) is 2.33. The Balaban J connectivity index is 1.92. The number of anilines is 1. The summed E-state index contributed by atoms with van der Waals surface area (Å²) in [5, 5.41) is 2.91. The quantitative estimate of drug-likeness (QED) is 0.715. The van der Waals surface area contributed by atoms with Gasteiger partial charge < -0.3 is 15.0 Å². The number of Topliss-reactive ketones (excluding diaryl/α,β-unsaturated/α-hetero) is 1. The van der Waals surface area contributed by atoms with Crippen molar-refractivity contribution in [3.63, 3.8) is 0 Å². The van der Waals surface area contributed by atoms with Crippen LogP contribution < -0.4 is 15.0 Å². The topological polar surface area (TPSA) is 59.8 Å². The fourth-order valence-electron chi connectivity index (χ4n) is 2.61. The van der Waals surface area contributed by atoms with Crippen LogP contribution in [0.25, 0.3) is 0 Å². The second-order valence-corrected chi connectivity index (χ2v) is 6.44. The van der Waals surface area contributed by atoms with Gasteiger partial charge in [-0.3, -0.25) is 9.59 Å². The number of hydrogen-bond donors (Lipinski definition) is 2. The SMILES string of the molecule is CCOc1ccc(C[NH+](C)[C@@H](C)C(=O)Nc2ccc(C(C)=O)cc2)cc1. The van der Waals surface area contributed by atoms with E-state index in [2.05, 4.69) is 5.32 Å². The molecular weight excluding hydrogens is 328 g/mol. The van der Waals surface area contributed by atoms with Gasteiger partial charge in [0.1, 0.15) is 12.3 Å². The first-order valence-electron chi connectivity index (χ1n) is 8.86. The number of ketones is 1. The number of nitrogens with one attached hydrogen (secondary N) is 2. The predicted molar refractivity (Wildman–Crippen MR) is 103 cm³/mol. The van der Waals surface area contributed by atoms with Crippen LogP contribution in [0.2, 0.25) is 0 Å². The van der Waals surface area contributed by atoms with E-state index < -0.39 is 0 Å². The Bertz CT molecular complexity index is 739. The third-order valence-electron chi connectivity index (χ3n) is 4.41. The minimum atomic E-state index is -0.214. The first kappa shape index (κ1) is 19.7. The molecule has 2 rings (SSSR count). The van der Waals surface area contributed by atoms with E-state index in [9.17, 15) is 9.59 Å². The van der Waals surface area contributed by atoms with E-state index in [4.69, 9.17) is 4.74 Å². The molecule has 2 aromatic carbocycles. The van der Waals surface area contributed by atoms with Crippen molar-refractivity contribution >= 4 is 17.4 Å². The van der Waals surface area contributed by atoms with E-state index in [-0.39, 0.29) is 17.7 Å². The molecule has 2 N–H and O–H groups in total. The van der Waals surface area contributed by atoms with Crippen molar-refractivity contribution in [3.8, 4) is 5.75 Å². The van der Waals surface area contributed by atoms with Gasteiger partial charge in [-0.05, 0) is 69.3 Å². The number of carbonyl (C=O) groups excluding carboxylic acids is 2. The normalized spacial score (nSPS) is 12.9. The minimum absolute atomic E-state index is 0.00998. The molecule has 0 saturated carbocycles. The van der Waals surface area contributed by atoms with Crippen molar-refractivity contribution in [3.05, 3.63) is 59.7 Å². The van der Waals surface area contributed by atoms with Gasteiger partial charge in [-0.25, -0.2) is 0 Å². The van der Waals surface area contributed by atoms with E-state index in [1.54, 1.807) is 24.3 Å². The molecule has 0 saturated heterocycles. The third kappa shape index (κ3) is 5.43. The summed E-state index contributed by atoms with van der Waals surface area (Å²) in [5.74, 6) is 0.813. The smallest absolute Gasteiger partial charge is 0.282 e. The molecule has 1 amide bonds. The van der Waals surface area contributed by atoms with Crippen LogP contribution in [0.5, 0.6) is 5.75 Å². The van der Waals surface area contributed by atoms with Crippen molar-refractivity contribution in [1.29, 1.82) is 0 Å². The fraction of sp³-hybridized carbons (Fsp3) is 0.333. The van der Waals surface area contributed by atoms with E-state index in [0.717, 1.165) is 22.8 Å². The number of benzene rings is 2. The van der Waals surface area contributed by atoms with Gasteiger partial charge in [-0.1, -0.05) is 0 Å². The highest BCUT2D eigenvalue weighted by atomic mass is 16.5. The van der Waals surface area contributed by atoms with Crippen molar-refractivity contribution in [2.75, 3.05) is 19.0 Å². The second-order valence-electron chi connectivity index (χ2n) is 6.44. The van der Waals surface area contributed by atoms with E-state index in [1.807, 2.05) is 45.2 Å². The van der Waals surface area contributed by atoms with Crippen LogP contribution in [0.3, 0.4) is 0 Å². The lowest BCUT2D eigenvalue weighted by Gasteiger charge is -2.21. The molecule has 0 aromatic heterocycles. The summed E-state index contributed by atoms with van der Waals surface area (Å²) >= 11 is 0. The standard InChI is InChI=1S/C21H26N2O3/c1-5-26-20-12-6-17(7-13-20)14-23(4)15(2)21(25)22-19-10-8-18(9-11-19)16(3)24/h6-13,15H,5,14H2,1-4H3,(H,22,25)/p+1/t15-/m0/s1. The highest BCUT2D eigenvalue weighted by Crippen LogP contribution is 2.12. The molecule has 0 fully saturated rings. The number of rotatable bonds is 8. The summed E-state index contributed by atoms with van der Waals surface area (Å²) in [6.45, 7) is 6.78. The highest BCUT2D eigenvalue weighted by molar-refractivity contribution is 5.96. The molecule has 0 aliphatic carbocycles. The Kier molecular flexibility index (Phi) is 6.92. The Hall–Kier alpha value is -2.66. The monoisotopic (exact) mass is 355 g/mol. The largest absolute Gasteiger partial charge is 0.494 e. The van der Waals surface area contributed by atoms with E-state index >= 15 is 0 Å². The van der Waals surface area contributed by atoms with Crippen LogP contribution in [0.15, 0.2) is 48.5 Å². The third-order valence-corrected chi connectivity index (χ3v) is 4.41. The molecule has 26 heavy (non-hydrogen) atoms. The lowest BCUT2D eigenvalue weighted by atomic mass is 10.1. The molecule has 0 aliphatic heterocycles. The molecule has 0 aliphatic rings. The van der Waals surface area contributed by atoms with Gasteiger partial charge >= 0.3 is 0 Å². The van der Waals surface area contributed by atoms with Gasteiger partial charge in [-0.2, -0.15) is 0 Å². The van der Waals surface area contributed by atoms with Crippen LogP contribution in [0, 0.1) is 0 Å². The van der Waals surface area contributed by atoms with Gasteiger partial charge in [-0.15, -0.1) is 0 Å². The van der Waals surface area contributed by atoms with Crippen LogP contribution in [-0.4, -0.2) is 31.4 Å². The van der Waals surface area contributed by atoms with E-state index in [0.29, 0.717) is 17.9 Å². The molecule has 1 unspecified atom stereocenters. The Morgan fingerprint density at radius 2 is 1.69 bits per heavy atom. The Labute approximate surface area is 155 Å². The van der Waals surface area contributed by atoms with Crippen LogP contribution in [0.4, 0.5) is 5.69 Å². The summed E-state index contributed by atoms with van der Waals surface area (Å²) in [5.41, 5.74) is 2.48. The number of hydrogen-bond acceptors (Lipinski definition) is 3. The zero-order valence-electron chi connectivity index (χ0n) is 15.8. The van der Waals surface area contributed by atoms with Crippen LogP contribution in [0.1, 0.15) is 36.7 Å².